The van der Waals surface area contributed by atoms with Crippen LogP contribution in [0.2, 0.25) is 0 Å². The number of hydrogen-bond donors (Lipinski definition) is 2. The summed E-state index contributed by atoms with van der Waals surface area (Å²) in [5.41, 5.74) is 0. The van der Waals surface area contributed by atoms with E-state index >= 15 is 0 Å². The van der Waals surface area contributed by atoms with Gasteiger partial charge < -0.3 is 24.7 Å². The van der Waals surface area contributed by atoms with Gasteiger partial charge in [0, 0.05) is 44.7 Å². The molecule has 1 aliphatic carbocycles. The van der Waals surface area contributed by atoms with E-state index in [1.165, 1.54) is 12.8 Å². The highest BCUT2D eigenvalue weighted by Gasteiger charge is 2.32. The molecule has 2 heterocycles. The van der Waals surface area contributed by atoms with Crippen molar-refractivity contribution in [3.63, 3.8) is 0 Å². The maximum absolute atomic E-state index is 12.6. The Morgan fingerprint density at radius 3 is 2.96 bits per heavy atom. The molecule has 7 nitrogen and oxygen atoms in total. The average Bonchev–Trinajstić information content (AvgIpc) is 3.47. The molecular weight excluding hydrogens is 356 g/mol. The lowest BCUT2D eigenvalue weighted by Crippen LogP contribution is -2.45. The van der Waals surface area contributed by atoms with Gasteiger partial charge in [0.2, 0.25) is 5.91 Å². The van der Waals surface area contributed by atoms with Crippen LogP contribution in [0, 0.1) is 5.92 Å². The summed E-state index contributed by atoms with van der Waals surface area (Å²) < 4.78 is 10.8. The predicted octanol–water partition coefficient (Wildman–Crippen LogP) is 2.53. The van der Waals surface area contributed by atoms with Crippen LogP contribution in [0.15, 0.2) is 27.8 Å². The van der Waals surface area contributed by atoms with Gasteiger partial charge in [-0.05, 0) is 44.7 Å². The first-order valence-corrected chi connectivity index (χ1v) is 10.7. The summed E-state index contributed by atoms with van der Waals surface area (Å²) in [6.45, 7) is 6.37. The Labute approximate surface area is 167 Å². The number of hydrogen-bond acceptors (Lipinski definition) is 4. The molecule has 0 bridgehead atoms. The van der Waals surface area contributed by atoms with Crippen molar-refractivity contribution in [3.8, 4) is 0 Å². The van der Waals surface area contributed by atoms with Crippen molar-refractivity contribution < 1.29 is 13.9 Å². The highest BCUT2D eigenvalue weighted by atomic mass is 16.5. The minimum atomic E-state index is 0.266. The van der Waals surface area contributed by atoms with Gasteiger partial charge in [-0.2, -0.15) is 0 Å². The second-order valence-corrected chi connectivity index (χ2v) is 7.64. The average molecular weight is 391 g/mol. The van der Waals surface area contributed by atoms with Crippen LogP contribution >= 0.6 is 0 Å². The summed E-state index contributed by atoms with van der Waals surface area (Å²) in [4.78, 5) is 19.3. The van der Waals surface area contributed by atoms with Gasteiger partial charge in [-0.1, -0.05) is 12.8 Å². The number of ether oxygens (including phenoxy) is 1. The first-order chi connectivity index (χ1) is 13.8. The Morgan fingerprint density at radius 1 is 1.36 bits per heavy atom. The molecule has 7 heteroatoms. The molecule has 2 N–H and O–H groups in total. The normalized spacial score (nSPS) is 20.7. The number of rotatable bonds is 9. The van der Waals surface area contributed by atoms with Crippen molar-refractivity contribution in [2.24, 2.45) is 10.9 Å². The molecule has 1 amide bonds. The topological polar surface area (TPSA) is 79.1 Å². The molecule has 2 aliphatic rings. The van der Waals surface area contributed by atoms with Crippen molar-refractivity contribution in [2.75, 3.05) is 32.8 Å². The highest BCUT2D eigenvalue weighted by Crippen LogP contribution is 2.27. The summed E-state index contributed by atoms with van der Waals surface area (Å²) in [5.74, 6) is 2.30. The predicted molar refractivity (Wildman–Crippen MR) is 109 cm³/mol. The maximum atomic E-state index is 12.6. The van der Waals surface area contributed by atoms with Crippen LogP contribution in [-0.2, 0) is 16.1 Å². The Hall–Kier alpha value is -2.02. The third-order valence-electron chi connectivity index (χ3n) is 5.43. The van der Waals surface area contributed by atoms with Crippen molar-refractivity contribution in [1.29, 1.82) is 0 Å². The number of nitrogens with zero attached hydrogens (tertiary/aromatic N) is 2. The summed E-state index contributed by atoms with van der Waals surface area (Å²) in [5, 5.41) is 6.80. The van der Waals surface area contributed by atoms with E-state index < -0.39 is 0 Å². The fraction of sp³-hybridized carbons (Fsp3) is 0.714. The number of carbonyl (C=O) groups excluding carboxylic acids is 1. The molecule has 1 atom stereocenters. The fourth-order valence-corrected chi connectivity index (χ4v) is 3.95. The van der Waals surface area contributed by atoms with Crippen LogP contribution in [0.5, 0.6) is 0 Å². The first kappa shape index (κ1) is 20.7. The minimum absolute atomic E-state index is 0.266. The van der Waals surface area contributed by atoms with E-state index in [2.05, 4.69) is 22.5 Å². The first-order valence-electron chi connectivity index (χ1n) is 10.7. The minimum Gasteiger partial charge on any atom is -0.467 e. The number of furan rings is 1. The molecule has 1 unspecified atom stereocenters. The zero-order valence-corrected chi connectivity index (χ0v) is 17.0. The number of guanidine groups is 1. The molecule has 0 spiro atoms. The molecular formula is C21H34N4O3. The molecule has 1 aliphatic heterocycles. The third kappa shape index (κ3) is 6.26. The lowest BCUT2D eigenvalue weighted by molar-refractivity contribution is -0.134. The second kappa shape index (κ2) is 11.1. The summed E-state index contributed by atoms with van der Waals surface area (Å²) in [6, 6.07) is 4.05. The zero-order chi connectivity index (χ0) is 19.6. The molecule has 0 radical (unpaired) electrons. The zero-order valence-electron chi connectivity index (χ0n) is 17.0. The smallest absolute Gasteiger partial charge is 0.225 e. The van der Waals surface area contributed by atoms with Gasteiger partial charge in [-0.25, -0.2) is 0 Å². The molecule has 156 valence electrons. The van der Waals surface area contributed by atoms with Crippen molar-refractivity contribution in [2.45, 2.75) is 58.1 Å². The quantitative estimate of drug-likeness (QED) is 0.385. The van der Waals surface area contributed by atoms with E-state index in [9.17, 15) is 4.79 Å². The van der Waals surface area contributed by atoms with Gasteiger partial charge in [-0.15, -0.1) is 0 Å². The van der Waals surface area contributed by atoms with Crippen LogP contribution in [-0.4, -0.2) is 55.6 Å². The Kier molecular flexibility index (Phi) is 8.21. The third-order valence-corrected chi connectivity index (χ3v) is 5.43. The SMILES string of the molecule is CCNC(=NCCCOCc1ccco1)NC1CCN(C(=O)C2CCCC2)C1. The monoisotopic (exact) mass is 390 g/mol. The van der Waals surface area contributed by atoms with Crippen molar-refractivity contribution in [1.82, 2.24) is 15.5 Å². The van der Waals surface area contributed by atoms with Gasteiger partial charge in [-0.3, -0.25) is 9.79 Å². The summed E-state index contributed by atoms with van der Waals surface area (Å²) in [6.07, 6.45) is 8.04. The van der Waals surface area contributed by atoms with Gasteiger partial charge in [0.1, 0.15) is 12.4 Å². The van der Waals surface area contributed by atoms with E-state index in [1.807, 2.05) is 17.0 Å². The van der Waals surface area contributed by atoms with Crippen molar-refractivity contribution in [3.05, 3.63) is 24.2 Å². The van der Waals surface area contributed by atoms with E-state index in [4.69, 9.17) is 9.15 Å². The van der Waals surface area contributed by atoms with E-state index in [0.717, 1.165) is 57.0 Å². The summed E-state index contributed by atoms with van der Waals surface area (Å²) in [7, 11) is 0. The Bertz CT molecular complexity index is 611. The van der Waals surface area contributed by atoms with Gasteiger partial charge >= 0.3 is 0 Å². The van der Waals surface area contributed by atoms with Gasteiger partial charge in [0.25, 0.3) is 0 Å². The van der Waals surface area contributed by atoms with Crippen molar-refractivity contribution >= 4 is 11.9 Å². The standard InChI is InChI=1S/C21H34N4O3/c1-2-22-21(23-11-6-13-27-16-19-9-5-14-28-19)24-18-10-12-25(15-18)20(26)17-7-3-4-8-17/h5,9,14,17-18H,2-4,6-8,10-13,15-16H2,1H3,(H2,22,23,24). The molecule has 3 rings (SSSR count). The van der Waals surface area contributed by atoms with Crippen LogP contribution < -0.4 is 10.6 Å². The maximum Gasteiger partial charge on any atom is 0.225 e. The second-order valence-electron chi connectivity index (χ2n) is 7.64. The lowest BCUT2D eigenvalue weighted by Gasteiger charge is -2.21. The molecule has 1 aromatic rings. The Morgan fingerprint density at radius 2 is 2.21 bits per heavy atom. The molecule has 1 aromatic heterocycles. The Balaban J connectivity index is 1.36. The number of nitrogens with one attached hydrogen (secondary N) is 2. The van der Waals surface area contributed by atoms with Crippen LogP contribution in [0.4, 0.5) is 0 Å². The van der Waals surface area contributed by atoms with E-state index in [1.54, 1.807) is 6.26 Å². The lowest BCUT2D eigenvalue weighted by atomic mass is 10.1. The number of likely N-dealkylation sites (tertiary alicyclic amines) is 1. The molecule has 1 saturated carbocycles. The van der Waals surface area contributed by atoms with Crippen LogP contribution in [0.3, 0.4) is 0 Å². The fourth-order valence-electron chi connectivity index (χ4n) is 3.95. The largest absolute Gasteiger partial charge is 0.467 e. The highest BCUT2D eigenvalue weighted by molar-refractivity contribution is 5.81. The molecule has 0 aromatic carbocycles. The van der Waals surface area contributed by atoms with Crippen LogP contribution in [0.25, 0.3) is 0 Å². The number of carbonyl (C=O) groups is 1. The van der Waals surface area contributed by atoms with E-state index in [-0.39, 0.29) is 12.0 Å². The van der Waals surface area contributed by atoms with Gasteiger partial charge in [0.05, 0.1) is 6.26 Å². The molecule has 2 fully saturated rings. The molecule has 28 heavy (non-hydrogen) atoms. The number of aliphatic imine (C=N–C) groups is 1. The number of amides is 1. The summed E-state index contributed by atoms with van der Waals surface area (Å²) >= 11 is 0. The van der Waals surface area contributed by atoms with E-state index in [0.29, 0.717) is 25.7 Å². The van der Waals surface area contributed by atoms with Crippen LogP contribution in [0.1, 0.15) is 51.2 Å². The molecule has 1 saturated heterocycles. The van der Waals surface area contributed by atoms with Gasteiger partial charge in [0.15, 0.2) is 5.96 Å².